The summed E-state index contributed by atoms with van der Waals surface area (Å²) < 4.78 is 0. The average Bonchev–Trinajstić information content (AvgIpc) is 2.50. The van der Waals surface area contributed by atoms with Crippen molar-refractivity contribution in [3.8, 4) is 0 Å². The highest BCUT2D eigenvalue weighted by atomic mass is 16.3. The number of nitrogens with zero attached hydrogens (tertiary/aromatic N) is 1. The molecule has 0 bridgehead atoms. The lowest BCUT2D eigenvalue weighted by atomic mass is 10.0. The predicted octanol–water partition coefficient (Wildman–Crippen LogP) is 1.57. The number of aliphatic hydroxyl groups is 1. The van der Waals surface area contributed by atoms with Gasteiger partial charge in [-0.15, -0.1) is 0 Å². The van der Waals surface area contributed by atoms with Crippen molar-refractivity contribution < 1.29 is 5.11 Å². The van der Waals surface area contributed by atoms with Crippen LogP contribution in [0.2, 0.25) is 0 Å². The summed E-state index contributed by atoms with van der Waals surface area (Å²) >= 11 is 0. The Balaban J connectivity index is 2.86. The standard InChI is InChI=1S/C11H19NO/c1-8(12(3)4)10-6-5-7-11(10)9(2)13/h5-6,8-9,13H,7H2,1-4H3/t8-,9+/m0/s1. The minimum absolute atomic E-state index is 0.313. The molecule has 2 atom stereocenters. The van der Waals surface area contributed by atoms with Crippen molar-refractivity contribution in [3.05, 3.63) is 23.3 Å². The molecule has 0 aromatic rings. The van der Waals surface area contributed by atoms with Crippen LogP contribution < -0.4 is 0 Å². The summed E-state index contributed by atoms with van der Waals surface area (Å²) in [6.07, 6.45) is 4.85. The van der Waals surface area contributed by atoms with E-state index in [1.54, 1.807) is 0 Å². The first kappa shape index (κ1) is 10.5. The Kier molecular flexibility index (Phi) is 3.28. The zero-order valence-corrected chi connectivity index (χ0v) is 8.91. The second-order valence-corrected chi connectivity index (χ2v) is 3.90. The molecule has 0 saturated carbocycles. The first-order valence-electron chi connectivity index (χ1n) is 4.78. The first-order chi connectivity index (χ1) is 6.04. The third-order valence-corrected chi connectivity index (χ3v) is 2.73. The Morgan fingerprint density at radius 3 is 2.46 bits per heavy atom. The lowest BCUT2D eigenvalue weighted by Gasteiger charge is -2.23. The van der Waals surface area contributed by atoms with Gasteiger partial charge < -0.3 is 10.0 Å². The molecule has 1 aliphatic carbocycles. The van der Waals surface area contributed by atoms with E-state index in [0.717, 1.165) is 6.42 Å². The van der Waals surface area contributed by atoms with E-state index in [0.29, 0.717) is 6.04 Å². The molecule has 13 heavy (non-hydrogen) atoms. The van der Waals surface area contributed by atoms with Crippen LogP contribution in [0.4, 0.5) is 0 Å². The van der Waals surface area contributed by atoms with Gasteiger partial charge in [-0.05, 0) is 45.5 Å². The molecule has 2 heteroatoms. The molecule has 74 valence electrons. The fourth-order valence-corrected chi connectivity index (χ4v) is 1.64. The molecule has 0 amide bonds. The van der Waals surface area contributed by atoms with Gasteiger partial charge in [0, 0.05) is 6.04 Å². The van der Waals surface area contributed by atoms with E-state index in [1.165, 1.54) is 11.1 Å². The lowest BCUT2D eigenvalue weighted by Crippen LogP contribution is -2.27. The molecule has 0 aromatic heterocycles. The molecule has 1 aliphatic rings. The van der Waals surface area contributed by atoms with Crippen LogP contribution in [0.3, 0.4) is 0 Å². The fourth-order valence-electron chi connectivity index (χ4n) is 1.64. The summed E-state index contributed by atoms with van der Waals surface area (Å²) in [7, 11) is 4.12. The van der Waals surface area contributed by atoms with Crippen molar-refractivity contribution in [3.63, 3.8) is 0 Å². The van der Waals surface area contributed by atoms with Crippen molar-refractivity contribution in [1.29, 1.82) is 0 Å². The molecular weight excluding hydrogens is 162 g/mol. The predicted molar refractivity (Wildman–Crippen MR) is 55.6 cm³/mol. The second-order valence-electron chi connectivity index (χ2n) is 3.90. The van der Waals surface area contributed by atoms with E-state index in [2.05, 4.69) is 38.1 Å². The normalized spacial score (nSPS) is 21.4. The lowest BCUT2D eigenvalue weighted by molar-refractivity contribution is 0.226. The van der Waals surface area contributed by atoms with E-state index < -0.39 is 0 Å². The van der Waals surface area contributed by atoms with Crippen molar-refractivity contribution in [2.45, 2.75) is 32.4 Å². The monoisotopic (exact) mass is 181 g/mol. The molecular formula is C11H19NO. The van der Waals surface area contributed by atoms with Crippen molar-refractivity contribution in [1.82, 2.24) is 4.90 Å². The van der Waals surface area contributed by atoms with E-state index in [-0.39, 0.29) is 6.10 Å². The van der Waals surface area contributed by atoms with Crippen molar-refractivity contribution >= 4 is 0 Å². The number of aliphatic hydroxyl groups excluding tert-OH is 1. The van der Waals surface area contributed by atoms with Crippen LogP contribution in [0.5, 0.6) is 0 Å². The fraction of sp³-hybridized carbons (Fsp3) is 0.636. The molecule has 0 spiro atoms. The third-order valence-electron chi connectivity index (χ3n) is 2.73. The minimum Gasteiger partial charge on any atom is -0.389 e. The Hall–Kier alpha value is -0.600. The van der Waals surface area contributed by atoms with Gasteiger partial charge in [0.15, 0.2) is 0 Å². The maximum atomic E-state index is 9.54. The molecule has 0 aliphatic heterocycles. The molecule has 0 fully saturated rings. The highest BCUT2D eigenvalue weighted by Crippen LogP contribution is 2.26. The van der Waals surface area contributed by atoms with Gasteiger partial charge in [0.05, 0.1) is 6.10 Å². The summed E-state index contributed by atoms with van der Waals surface area (Å²) in [5, 5.41) is 9.54. The first-order valence-corrected chi connectivity index (χ1v) is 4.78. The number of likely N-dealkylation sites (N-methyl/N-ethyl adjacent to an activating group) is 1. The topological polar surface area (TPSA) is 23.5 Å². The third kappa shape index (κ3) is 2.20. The molecule has 2 nitrogen and oxygen atoms in total. The van der Waals surface area contributed by atoms with Crippen LogP contribution >= 0.6 is 0 Å². The number of hydrogen-bond donors (Lipinski definition) is 1. The molecule has 0 aromatic carbocycles. The Morgan fingerprint density at radius 1 is 1.38 bits per heavy atom. The Bertz CT molecular complexity index is 238. The van der Waals surface area contributed by atoms with Crippen molar-refractivity contribution in [2.75, 3.05) is 14.1 Å². The SMILES string of the molecule is C[C@@H](O)C1=C([C@H](C)N(C)C)C=CC1. The molecule has 1 N–H and O–H groups in total. The van der Waals surface area contributed by atoms with Gasteiger partial charge in [0.1, 0.15) is 0 Å². The zero-order valence-electron chi connectivity index (χ0n) is 8.91. The largest absolute Gasteiger partial charge is 0.389 e. The molecule has 0 unspecified atom stereocenters. The zero-order chi connectivity index (χ0) is 10.0. The minimum atomic E-state index is -0.313. The molecule has 0 heterocycles. The van der Waals surface area contributed by atoms with E-state index >= 15 is 0 Å². The summed E-state index contributed by atoms with van der Waals surface area (Å²) in [6, 6.07) is 0.392. The van der Waals surface area contributed by atoms with Crippen LogP contribution in [0.15, 0.2) is 23.3 Å². The van der Waals surface area contributed by atoms with Gasteiger partial charge in [-0.25, -0.2) is 0 Å². The number of allylic oxidation sites excluding steroid dienone is 1. The van der Waals surface area contributed by atoms with Gasteiger partial charge in [0.2, 0.25) is 0 Å². The van der Waals surface area contributed by atoms with Crippen LogP contribution in [0.1, 0.15) is 20.3 Å². The molecule has 0 radical (unpaired) electrons. The van der Waals surface area contributed by atoms with Gasteiger partial charge >= 0.3 is 0 Å². The van der Waals surface area contributed by atoms with E-state index in [9.17, 15) is 5.11 Å². The highest BCUT2D eigenvalue weighted by molar-refractivity contribution is 5.38. The smallest absolute Gasteiger partial charge is 0.0731 e. The van der Waals surface area contributed by atoms with E-state index in [4.69, 9.17) is 0 Å². The average molecular weight is 181 g/mol. The summed E-state index contributed by atoms with van der Waals surface area (Å²) in [4.78, 5) is 2.16. The van der Waals surface area contributed by atoms with Crippen LogP contribution in [-0.2, 0) is 0 Å². The maximum absolute atomic E-state index is 9.54. The van der Waals surface area contributed by atoms with Gasteiger partial charge in [-0.1, -0.05) is 12.2 Å². The van der Waals surface area contributed by atoms with Gasteiger partial charge in [-0.2, -0.15) is 0 Å². The summed E-state index contributed by atoms with van der Waals surface area (Å²) in [5.41, 5.74) is 2.45. The summed E-state index contributed by atoms with van der Waals surface area (Å²) in [6.45, 7) is 4.00. The van der Waals surface area contributed by atoms with E-state index in [1.807, 2.05) is 6.92 Å². The van der Waals surface area contributed by atoms with Gasteiger partial charge in [0.25, 0.3) is 0 Å². The van der Waals surface area contributed by atoms with Crippen LogP contribution in [0, 0.1) is 0 Å². The summed E-state index contributed by atoms with van der Waals surface area (Å²) in [5.74, 6) is 0. The van der Waals surface area contributed by atoms with Gasteiger partial charge in [-0.3, -0.25) is 0 Å². The quantitative estimate of drug-likeness (QED) is 0.714. The molecule has 1 rings (SSSR count). The van der Waals surface area contributed by atoms with Crippen molar-refractivity contribution in [2.24, 2.45) is 0 Å². The number of rotatable bonds is 3. The van der Waals surface area contributed by atoms with Crippen LogP contribution in [-0.4, -0.2) is 36.2 Å². The Morgan fingerprint density at radius 2 is 2.00 bits per heavy atom. The Labute approximate surface area is 80.6 Å². The second kappa shape index (κ2) is 4.07. The highest BCUT2D eigenvalue weighted by Gasteiger charge is 2.19. The van der Waals surface area contributed by atoms with Crippen LogP contribution in [0.25, 0.3) is 0 Å². The maximum Gasteiger partial charge on any atom is 0.0731 e. The number of hydrogen-bond acceptors (Lipinski definition) is 2. The molecule has 0 saturated heterocycles.